The van der Waals surface area contributed by atoms with Crippen molar-refractivity contribution in [3.8, 4) is 11.3 Å². The fourth-order valence-corrected chi connectivity index (χ4v) is 4.54. The van der Waals surface area contributed by atoms with Crippen molar-refractivity contribution in [2.75, 3.05) is 34.5 Å². The molecule has 0 unspecified atom stereocenters. The first-order valence-corrected chi connectivity index (χ1v) is 12.6. The number of carbonyl (C=O) groups is 1. The molecular weight excluding hydrogens is 440 g/mol. The minimum absolute atomic E-state index is 0.123. The fourth-order valence-electron chi connectivity index (χ4n) is 3.87. The molecule has 3 aromatic rings. The zero-order valence-electron chi connectivity index (χ0n) is 18.8. The van der Waals surface area contributed by atoms with Crippen LogP contribution in [0.2, 0.25) is 0 Å². The van der Waals surface area contributed by atoms with E-state index in [-0.39, 0.29) is 17.0 Å². The summed E-state index contributed by atoms with van der Waals surface area (Å²) in [6.45, 7) is 5.60. The third-order valence-electron chi connectivity index (χ3n) is 5.64. The van der Waals surface area contributed by atoms with Crippen LogP contribution in [0.15, 0.2) is 59.9 Å². The van der Waals surface area contributed by atoms with Crippen molar-refractivity contribution in [3.05, 3.63) is 55.0 Å². The molecule has 3 heterocycles. The lowest BCUT2D eigenvalue weighted by Gasteiger charge is -2.28. The molecular formula is C23H26N6O3S. The summed E-state index contributed by atoms with van der Waals surface area (Å²) in [5.74, 6) is 0.871. The highest BCUT2D eigenvalue weighted by Crippen LogP contribution is 2.36. The van der Waals surface area contributed by atoms with Crippen LogP contribution in [0.5, 0.6) is 0 Å². The zero-order chi connectivity index (χ0) is 23.6. The lowest BCUT2D eigenvalue weighted by Crippen LogP contribution is -2.42. The predicted molar refractivity (Wildman–Crippen MR) is 128 cm³/mol. The van der Waals surface area contributed by atoms with Crippen molar-refractivity contribution < 1.29 is 13.2 Å². The lowest BCUT2D eigenvalue weighted by molar-refractivity contribution is 0.255. The molecule has 2 amide bonds. The Kier molecular flexibility index (Phi) is 6.28. The fraction of sp³-hybridized carbons (Fsp3) is 0.304. The highest BCUT2D eigenvalue weighted by atomic mass is 32.2. The number of rotatable bonds is 4. The molecule has 0 bridgehead atoms. The number of nitrogens with zero attached hydrogens (tertiary/aromatic N) is 5. The number of aromatic nitrogens is 3. The first-order valence-electron chi connectivity index (χ1n) is 10.7. The first-order chi connectivity index (χ1) is 15.8. The Morgan fingerprint density at radius 1 is 1.21 bits per heavy atom. The average molecular weight is 467 g/mol. The van der Waals surface area contributed by atoms with Gasteiger partial charge in [-0.3, -0.25) is 15.2 Å². The van der Waals surface area contributed by atoms with Crippen LogP contribution in [0.25, 0.3) is 11.3 Å². The molecule has 0 fully saturated rings. The van der Waals surface area contributed by atoms with Crippen molar-refractivity contribution in [2.24, 2.45) is 0 Å². The topological polar surface area (TPSA) is 108 Å². The summed E-state index contributed by atoms with van der Waals surface area (Å²) in [5, 5.41) is 2.81. The molecule has 33 heavy (non-hydrogen) atoms. The standard InChI is InChI=1S/C23H26N6O3S/c1-4-28-13-10-16(2)29(23(30)27-21-15-24-11-12-25-21)22-20(28)9-8-19(26-22)17-6-5-7-18(14-17)33(3,31)32/h5-9,11-12,14-16H,4,10,13H2,1-3H3,(H,25,27,30)/t16-/m1/s1. The molecule has 0 saturated carbocycles. The predicted octanol–water partition coefficient (Wildman–Crippen LogP) is 3.60. The number of anilines is 3. The van der Waals surface area contributed by atoms with Crippen molar-refractivity contribution in [1.82, 2.24) is 15.0 Å². The molecule has 1 N–H and O–H groups in total. The third kappa shape index (κ3) is 4.80. The van der Waals surface area contributed by atoms with Gasteiger partial charge in [-0.25, -0.2) is 23.2 Å². The smallest absolute Gasteiger partial charge is 0.329 e. The molecule has 4 rings (SSSR count). The van der Waals surface area contributed by atoms with Crippen LogP contribution in [0.1, 0.15) is 20.3 Å². The highest BCUT2D eigenvalue weighted by Gasteiger charge is 2.31. The number of carbonyl (C=O) groups excluding carboxylic acids is 1. The Hall–Kier alpha value is -3.53. The van der Waals surface area contributed by atoms with E-state index in [0.29, 0.717) is 22.9 Å². The van der Waals surface area contributed by atoms with Gasteiger partial charge in [0.2, 0.25) is 0 Å². The van der Waals surface area contributed by atoms with E-state index in [1.165, 1.54) is 24.8 Å². The van der Waals surface area contributed by atoms with Gasteiger partial charge in [0.15, 0.2) is 21.5 Å². The second kappa shape index (κ2) is 9.14. The van der Waals surface area contributed by atoms with Gasteiger partial charge in [0, 0.05) is 43.3 Å². The minimum atomic E-state index is -3.36. The SMILES string of the molecule is CCN1CC[C@@H](C)N(C(=O)Nc2cnccn2)c2nc(-c3cccc(S(C)(=O)=O)c3)ccc21. The number of sulfone groups is 1. The first kappa shape index (κ1) is 22.7. The van der Waals surface area contributed by atoms with Gasteiger partial charge < -0.3 is 4.90 Å². The molecule has 2 aromatic heterocycles. The molecule has 172 valence electrons. The van der Waals surface area contributed by atoms with E-state index in [1.807, 2.05) is 25.1 Å². The number of nitrogens with one attached hydrogen (secondary N) is 1. The highest BCUT2D eigenvalue weighted by molar-refractivity contribution is 7.90. The van der Waals surface area contributed by atoms with Crippen LogP contribution in [0, 0.1) is 0 Å². The molecule has 0 aliphatic carbocycles. The Labute approximate surface area is 193 Å². The molecule has 10 heteroatoms. The number of pyridine rings is 1. The lowest BCUT2D eigenvalue weighted by atomic mass is 10.1. The van der Waals surface area contributed by atoms with Gasteiger partial charge in [-0.1, -0.05) is 12.1 Å². The molecule has 1 atom stereocenters. The molecule has 0 saturated heterocycles. The van der Waals surface area contributed by atoms with Gasteiger partial charge in [-0.15, -0.1) is 0 Å². The van der Waals surface area contributed by atoms with E-state index >= 15 is 0 Å². The van der Waals surface area contributed by atoms with E-state index in [4.69, 9.17) is 4.98 Å². The third-order valence-corrected chi connectivity index (χ3v) is 6.75. The Morgan fingerprint density at radius 2 is 2.03 bits per heavy atom. The number of urea groups is 1. The van der Waals surface area contributed by atoms with Crippen molar-refractivity contribution >= 4 is 33.2 Å². The van der Waals surface area contributed by atoms with E-state index in [9.17, 15) is 13.2 Å². The van der Waals surface area contributed by atoms with Gasteiger partial charge in [0.1, 0.15) is 0 Å². The number of hydrogen-bond donors (Lipinski definition) is 1. The summed E-state index contributed by atoms with van der Waals surface area (Å²) in [5.41, 5.74) is 2.09. The Balaban J connectivity index is 1.80. The molecule has 9 nitrogen and oxygen atoms in total. The maximum Gasteiger partial charge on any atom is 0.329 e. The van der Waals surface area contributed by atoms with Crippen LogP contribution < -0.4 is 15.1 Å². The number of benzene rings is 1. The normalized spacial score (nSPS) is 16.2. The second-order valence-corrected chi connectivity index (χ2v) is 9.96. The van der Waals surface area contributed by atoms with Crippen molar-refractivity contribution in [2.45, 2.75) is 31.2 Å². The Bertz CT molecular complexity index is 1270. The summed E-state index contributed by atoms with van der Waals surface area (Å²) < 4.78 is 24.1. The summed E-state index contributed by atoms with van der Waals surface area (Å²) in [7, 11) is -3.36. The molecule has 1 aromatic carbocycles. The van der Waals surface area contributed by atoms with Gasteiger partial charge in [-0.2, -0.15) is 0 Å². The van der Waals surface area contributed by atoms with Gasteiger partial charge >= 0.3 is 6.03 Å². The van der Waals surface area contributed by atoms with Gasteiger partial charge in [0.25, 0.3) is 0 Å². The Morgan fingerprint density at radius 3 is 2.73 bits per heavy atom. The minimum Gasteiger partial charge on any atom is -0.369 e. The largest absolute Gasteiger partial charge is 0.369 e. The van der Waals surface area contributed by atoms with Gasteiger partial charge in [0.05, 0.1) is 22.5 Å². The maximum atomic E-state index is 13.3. The molecule has 0 radical (unpaired) electrons. The van der Waals surface area contributed by atoms with E-state index in [0.717, 1.165) is 25.2 Å². The summed E-state index contributed by atoms with van der Waals surface area (Å²) in [6.07, 6.45) is 6.48. The van der Waals surface area contributed by atoms with E-state index in [1.54, 1.807) is 23.1 Å². The number of hydrogen-bond acceptors (Lipinski definition) is 7. The zero-order valence-corrected chi connectivity index (χ0v) is 19.6. The summed E-state index contributed by atoms with van der Waals surface area (Å²) >= 11 is 0. The van der Waals surface area contributed by atoms with E-state index in [2.05, 4.69) is 27.1 Å². The van der Waals surface area contributed by atoms with Crippen LogP contribution >= 0.6 is 0 Å². The number of fused-ring (bicyclic) bond motifs is 1. The molecule has 0 spiro atoms. The van der Waals surface area contributed by atoms with E-state index < -0.39 is 9.84 Å². The number of amides is 2. The van der Waals surface area contributed by atoms with Crippen molar-refractivity contribution in [1.29, 1.82) is 0 Å². The molecule has 1 aliphatic heterocycles. The summed E-state index contributed by atoms with van der Waals surface area (Å²) in [6, 6.07) is 9.99. The van der Waals surface area contributed by atoms with Crippen LogP contribution in [-0.2, 0) is 9.84 Å². The molecule has 1 aliphatic rings. The van der Waals surface area contributed by atoms with Gasteiger partial charge in [-0.05, 0) is 44.5 Å². The monoisotopic (exact) mass is 466 g/mol. The van der Waals surface area contributed by atoms with Crippen LogP contribution in [0.3, 0.4) is 0 Å². The maximum absolute atomic E-state index is 13.3. The van der Waals surface area contributed by atoms with Crippen LogP contribution in [-0.4, -0.2) is 54.8 Å². The quantitative estimate of drug-likeness (QED) is 0.626. The van der Waals surface area contributed by atoms with Crippen LogP contribution in [0.4, 0.5) is 22.1 Å². The van der Waals surface area contributed by atoms with Crippen molar-refractivity contribution in [3.63, 3.8) is 0 Å². The summed E-state index contributed by atoms with van der Waals surface area (Å²) in [4.78, 5) is 30.4. The average Bonchev–Trinajstić information content (AvgIpc) is 2.94. The second-order valence-electron chi connectivity index (χ2n) is 7.95.